The van der Waals surface area contributed by atoms with Gasteiger partial charge in [0, 0.05) is 6.07 Å². The number of nitrogen functional groups attached to an aromatic ring is 1. The summed E-state index contributed by atoms with van der Waals surface area (Å²) in [5.74, 6) is 1.17. The number of rotatable bonds is 3. The zero-order chi connectivity index (χ0) is 12.5. The maximum Gasteiger partial charge on any atom is 0.215 e. The number of nitrogens with two attached hydrogens (primary N) is 1. The molecule has 0 unspecified atom stereocenters. The van der Waals surface area contributed by atoms with Crippen LogP contribution in [0.4, 0.5) is 5.82 Å². The van der Waals surface area contributed by atoms with Crippen molar-refractivity contribution >= 4 is 17.0 Å². The van der Waals surface area contributed by atoms with E-state index in [9.17, 15) is 0 Å². The molecule has 0 saturated heterocycles. The van der Waals surface area contributed by atoms with Crippen LogP contribution in [0, 0.1) is 0 Å². The third-order valence-corrected chi connectivity index (χ3v) is 2.35. The van der Waals surface area contributed by atoms with Crippen LogP contribution in [0.25, 0.3) is 22.7 Å². The largest absolute Gasteiger partial charge is 0.478 e. The first kappa shape index (κ1) is 10.5. The number of nitrogens with zero attached hydrogens (tertiary/aromatic N) is 4. The minimum atomic E-state index is 0.180. The second kappa shape index (κ2) is 3.99. The minimum absolute atomic E-state index is 0.180. The molecule has 0 saturated carbocycles. The van der Waals surface area contributed by atoms with Crippen LogP contribution in [-0.4, -0.2) is 31.9 Å². The third-order valence-electron chi connectivity index (χ3n) is 2.35. The summed E-state index contributed by atoms with van der Waals surface area (Å²) in [5.41, 5.74) is 7.25. The van der Waals surface area contributed by atoms with Gasteiger partial charge in [-0.05, 0) is 23.3 Å². The number of imidazole rings is 1. The maximum absolute atomic E-state index is 5.60. The van der Waals surface area contributed by atoms with Crippen molar-refractivity contribution in [3.05, 3.63) is 12.1 Å². The second-order valence-electron chi connectivity index (χ2n) is 3.54. The number of nitrogens with one attached hydrogen (secondary N) is 1. The summed E-state index contributed by atoms with van der Waals surface area (Å²) in [6.45, 7) is 2.44. The lowest BCUT2D eigenvalue weighted by Gasteiger charge is -1.99. The van der Waals surface area contributed by atoms with Gasteiger partial charge in [0.05, 0.1) is 12.1 Å². The highest BCUT2D eigenvalue weighted by atomic mass is 16.6. The second-order valence-corrected chi connectivity index (χ2v) is 3.54. The van der Waals surface area contributed by atoms with Gasteiger partial charge in [-0.1, -0.05) is 0 Å². The molecule has 18 heavy (non-hydrogen) atoms. The van der Waals surface area contributed by atoms with Gasteiger partial charge in [0.15, 0.2) is 23.0 Å². The molecule has 3 aromatic rings. The molecule has 8 heteroatoms. The number of H-pyrrole nitrogens is 1. The summed E-state index contributed by atoms with van der Waals surface area (Å²) >= 11 is 0. The van der Waals surface area contributed by atoms with Gasteiger partial charge in [-0.2, -0.15) is 4.98 Å². The Hall–Kier alpha value is -2.64. The topological polar surface area (TPSA) is 116 Å². The van der Waals surface area contributed by atoms with E-state index < -0.39 is 0 Å². The number of aromatic amines is 1. The Morgan fingerprint density at radius 3 is 2.94 bits per heavy atom. The van der Waals surface area contributed by atoms with Crippen molar-refractivity contribution in [3.63, 3.8) is 0 Å². The van der Waals surface area contributed by atoms with Gasteiger partial charge in [-0.15, -0.1) is 0 Å². The lowest BCUT2D eigenvalue weighted by Crippen LogP contribution is -1.93. The van der Waals surface area contributed by atoms with Crippen molar-refractivity contribution in [1.29, 1.82) is 0 Å². The third kappa shape index (κ3) is 1.63. The van der Waals surface area contributed by atoms with Crippen LogP contribution in [0.3, 0.4) is 0 Å². The first-order valence-corrected chi connectivity index (χ1v) is 5.36. The normalized spacial score (nSPS) is 10.9. The summed E-state index contributed by atoms with van der Waals surface area (Å²) in [6.07, 6.45) is 0. The number of fused-ring (bicyclic) bond motifs is 1. The molecule has 0 aromatic carbocycles. The molecule has 0 amide bonds. The van der Waals surface area contributed by atoms with Gasteiger partial charge >= 0.3 is 0 Å². The van der Waals surface area contributed by atoms with E-state index in [0.717, 1.165) is 5.52 Å². The summed E-state index contributed by atoms with van der Waals surface area (Å²) in [5, 5.41) is 7.17. The Balaban J connectivity index is 2.08. The monoisotopic (exact) mass is 246 g/mol. The fraction of sp³-hybridized carbons (Fsp3) is 0.200. The number of aromatic nitrogens is 5. The number of hydrogen-bond donors (Lipinski definition) is 2. The van der Waals surface area contributed by atoms with Crippen LogP contribution in [0.2, 0.25) is 0 Å². The fourth-order valence-corrected chi connectivity index (χ4v) is 1.58. The summed E-state index contributed by atoms with van der Waals surface area (Å²) in [7, 11) is 0. The van der Waals surface area contributed by atoms with Crippen molar-refractivity contribution in [2.45, 2.75) is 6.92 Å². The van der Waals surface area contributed by atoms with E-state index >= 15 is 0 Å². The molecule has 0 radical (unpaired) electrons. The molecule has 0 aliphatic rings. The van der Waals surface area contributed by atoms with E-state index in [2.05, 4.69) is 29.9 Å². The highest BCUT2D eigenvalue weighted by molar-refractivity contribution is 5.77. The fourth-order valence-electron chi connectivity index (χ4n) is 1.58. The maximum atomic E-state index is 5.60. The van der Waals surface area contributed by atoms with Gasteiger partial charge in [0.1, 0.15) is 0 Å². The number of hydrogen-bond acceptors (Lipinski definition) is 7. The molecule has 0 bridgehead atoms. The van der Waals surface area contributed by atoms with Gasteiger partial charge in [0.2, 0.25) is 5.88 Å². The van der Waals surface area contributed by atoms with Gasteiger partial charge < -0.3 is 15.5 Å². The zero-order valence-corrected chi connectivity index (χ0v) is 9.54. The predicted octanol–water partition coefficient (Wildman–Crippen LogP) is 0.989. The van der Waals surface area contributed by atoms with Crippen molar-refractivity contribution in [2.75, 3.05) is 12.3 Å². The average Bonchev–Trinajstić information content (AvgIpc) is 2.94. The quantitative estimate of drug-likeness (QED) is 0.707. The summed E-state index contributed by atoms with van der Waals surface area (Å²) in [4.78, 5) is 11.5. The highest BCUT2D eigenvalue weighted by Crippen LogP contribution is 2.22. The van der Waals surface area contributed by atoms with Crippen molar-refractivity contribution < 1.29 is 9.37 Å². The molecule has 3 aromatic heterocycles. The van der Waals surface area contributed by atoms with E-state index in [-0.39, 0.29) is 5.82 Å². The molecule has 3 rings (SSSR count). The number of pyridine rings is 1. The van der Waals surface area contributed by atoms with Crippen LogP contribution in [-0.2, 0) is 0 Å². The zero-order valence-electron chi connectivity index (χ0n) is 9.54. The molecule has 8 nitrogen and oxygen atoms in total. The lowest BCUT2D eigenvalue weighted by atomic mass is 10.4. The Morgan fingerprint density at radius 2 is 2.22 bits per heavy atom. The number of anilines is 1. The molecular weight excluding hydrogens is 236 g/mol. The van der Waals surface area contributed by atoms with Crippen LogP contribution in [0.15, 0.2) is 16.8 Å². The smallest absolute Gasteiger partial charge is 0.215 e. The van der Waals surface area contributed by atoms with Crippen molar-refractivity contribution in [2.24, 2.45) is 0 Å². The highest BCUT2D eigenvalue weighted by Gasteiger charge is 2.14. The van der Waals surface area contributed by atoms with Crippen molar-refractivity contribution in [3.8, 4) is 17.4 Å². The molecular formula is C10H10N6O2. The van der Waals surface area contributed by atoms with Gasteiger partial charge in [-0.3, -0.25) is 0 Å². The van der Waals surface area contributed by atoms with Crippen LogP contribution < -0.4 is 10.5 Å². The average molecular weight is 246 g/mol. The summed E-state index contributed by atoms with van der Waals surface area (Å²) < 4.78 is 9.83. The number of ether oxygens (including phenoxy) is 1. The van der Waals surface area contributed by atoms with Crippen molar-refractivity contribution in [1.82, 2.24) is 25.3 Å². The van der Waals surface area contributed by atoms with Crippen LogP contribution >= 0.6 is 0 Å². The first-order chi connectivity index (χ1) is 8.78. The molecule has 3 N–H and O–H groups in total. The standard InChI is InChI=1S/C10H10N6O2/c1-2-17-6-4-3-5-9(13-6)14-10(12-5)7-8(11)16-18-15-7/h3-4H,2H2,1H3,(H2,11,16)(H,12,13,14). The van der Waals surface area contributed by atoms with Crippen LogP contribution in [0.1, 0.15) is 6.92 Å². The van der Waals surface area contributed by atoms with E-state index in [0.29, 0.717) is 29.7 Å². The van der Waals surface area contributed by atoms with Crippen LogP contribution in [0.5, 0.6) is 5.88 Å². The Labute approximate surface area is 101 Å². The van der Waals surface area contributed by atoms with E-state index in [1.54, 1.807) is 6.07 Å². The molecule has 0 aliphatic carbocycles. The predicted molar refractivity (Wildman–Crippen MR) is 62.8 cm³/mol. The molecule has 92 valence electrons. The van der Waals surface area contributed by atoms with E-state index in [1.165, 1.54) is 0 Å². The molecule has 0 spiro atoms. The van der Waals surface area contributed by atoms with E-state index in [4.69, 9.17) is 10.5 Å². The lowest BCUT2D eigenvalue weighted by molar-refractivity contribution is 0.310. The van der Waals surface area contributed by atoms with Gasteiger partial charge in [-0.25, -0.2) is 9.61 Å². The molecule has 3 heterocycles. The van der Waals surface area contributed by atoms with E-state index in [1.807, 2.05) is 13.0 Å². The first-order valence-electron chi connectivity index (χ1n) is 5.36. The Morgan fingerprint density at radius 1 is 1.33 bits per heavy atom. The SMILES string of the molecule is CCOc1ccc2[nH]c(-c3nonc3N)nc2n1. The molecule has 0 aliphatic heterocycles. The molecule has 0 fully saturated rings. The summed E-state index contributed by atoms with van der Waals surface area (Å²) in [6, 6.07) is 3.59. The Kier molecular flexibility index (Phi) is 2.33. The minimum Gasteiger partial charge on any atom is -0.478 e. The Bertz CT molecular complexity index is 689. The van der Waals surface area contributed by atoms with Gasteiger partial charge in [0.25, 0.3) is 0 Å². The molecule has 0 atom stereocenters.